The summed E-state index contributed by atoms with van der Waals surface area (Å²) < 4.78 is 1.02. The van der Waals surface area contributed by atoms with Crippen LogP contribution in [0.2, 0.25) is 5.15 Å². The molecule has 2 rings (SSSR count). The molecular formula is C12H10BrClN2. The molecule has 0 saturated heterocycles. The van der Waals surface area contributed by atoms with Crippen LogP contribution in [0.5, 0.6) is 0 Å². The van der Waals surface area contributed by atoms with Crippen LogP contribution < -0.4 is 5.32 Å². The Morgan fingerprint density at radius 1 is 1.25 bits per heavy atom. The van der Waals surface area contributed by atoms with E-state index < -0.39 is 0 Å². The van der Waals surface area contributed by atoms with Crippen LogP contribution in [0.1, 0.15) is 5.56 Å². The van der Waals surface area contributed by atoms with Gasteiger partial charge in [-0.25, -0.2) is 4.98 Å². The molecule has 82 valence electrons. The first-order valence-electron chi connectivity index (χ1n) is 4.80. The van der Waals surface area contributed by atoms with Crippen molar-refractivity contribution in [3.8, 4) is 0 Å². The highest BCUT2D eigenvalue weighted by Gasteiger charge is 2.01. The van der Waals surface area contributed by atoms with Gasteiger partial charge in [-0.3, -0.25) is 0 Å². The van der Waals surface area contributed by atoms with Crippen molar-refractivity contribution >= 4 is 38.9 Å². The average Bonchev–Trinajstić information content (AvgIpc) is 2.24. The Kier molecular flexibility index (Phi) is 3.46. The molecule has 4 heteroatoms. The molecule has 16 heavy (non-hydrogen) atoms. The third-order valence-corrected chi connectivity index (χ3v) is 3.03. The number of hydrogen-bond donors (Lipinski definition) is 1. The molecule has 0 unspecified atom stereocenters. The van der Waals surface area contributed by atoms with Crippen LogP contribution >= 0.6 is 27.5 Å². The van der Waals surface area contributed by atoms with E-state index in [1.165, 1.54) is 5.56 Å². The average molecular weight is 298 g/mol. The zero-order valence-electron chi connectivity index (χ0n) is 8.67. The first-order valence-corrected chi connectivity index (χ1v) is 5.97. The monoisotopic (exact) mass is 296 g/mol. The minimum atomic E-state index is 0.480. The summed E-state index contributed by atoms with van der Waals surface area (Å²) in [4.78, 5) is 3.94. The van der Waals surface area contributed by atoms with Gasteiger partial charge in [-0.05, 0) is 52.7 Å². The molecule has 0 atom stereocenters. The van der Waals surface area contributed by atoms with Gasteiger partial charge in [-0.2, -0.15) is 0 Å². The normalized spacial score (nSPS) is 10.2. The number of nitrogens with one attached hydrogen (secondary N) is 1. The van der Waals surface area contributed by atoms with E-state index >= 15 is 0 Å². The number of rotatable bonds is 2. The number of nitrogens with zero attached hydrogens (tertiary/aromatic N) is 1. The van der Waals surface area contributed by atoms with E-state index in [2.05, 4.69) is 45.3 Å². The van der Waals surface area contributed by atoms with Crippen molar-refractivity contribution in [2.24, 2.45) is 0 Å². The van der Waals surface area contributed by atoms with Gasteiger partial charge in [0.25, 0.3) is 0 Å². The Morgan fingerprint density at radius 3 is 2.81 bits per heavy atom. The number of aromatic nitrogens is 1. The predicted octanol–water partition coefficient (Wildman–Crippen LogP) is 4.55. The third-order valence-electron chi connectivity index (χ3n) is 2.13. The van der Waals surface area contributed by atoms with Gasteiger partial charge in [0.05, 0.1) is 5.69 Å². The molecule has 1 aromatic carbocycles. The molecule has 2 aromatic rings. The van der Waals surface area contributed by atoms with Gasteiger partial charge >= 0.3 is 0 Å². The molecule has 0 radical (unpaired) electrons. The second-order valence-electron chi connectivity index (χ2n) is 3.48. The molecule has 0 aliphatic rings. The molecule has 0 fully saturated rings. The number of benzene rings is 1. The van der Waals surface area contributed by atoms with Crippen LogP contribution in [0.4, 0.5) is 11.4 Å². The van der Waals surface area contributed by atoms with Crippen molar-refractivity contribution in [1.29, 1.82) is 0 Å². The van der Waals surface area contributed by atoms with Gasteiger partial charge in [-0.15, -0.1) is 0 Å². The van der Waals surface area contributed by atoms with E-state index in [1.807, 2.05) is 12.1 Å². The van der Waals surface area contributed by atoms with Crippen LogP contribution in [-0.4, -0.2) is 4.98 Å². The number of aryl methyl sites for hydroxylation is 1. The molecule has 2 nitrogen and oxygen atoms in total. The van der Waals surface area contributed by atoms with Crippen LogP contribution in [0, 0.1) is 6.92 Å². The van der Waals surface area contributed by atoms with E-state index in [4.69, 9.17) is 11.6 Å². The van der Waals surface area contributed by atoms with E-state index in [9.17, 15) is 0 Å². The van der Waals surface area contributed by atoms with Gasteiger partial charge in [0, 0.05) is 16.4 Å². The summed E-state index contributed by atoms with van der Waals surface area (Å²) in [5, 5.41) is 3.76. The molecule has 0 aliphatic carbocycles. The lowest BCUT2D eigenvalue weighted by molar-refractivity contribution is 1.32. The summed E-state index contributed by atoms with van der Waals surface area (Å²) in [5.74, 6) is 0. The molecule has 1 N–H and O–H groups in total. The van der Waals surface area contributed by atoms with Crippen molar-refractivity contribution in [2.75, 3.05) is 5.32 Å². The van der Waals surface area contributed by atoms with Crippen molar-refractivity contribution in [2.45, 2.75) is 6.92 Å². The molecule has 0 spiro atoms. The smallest absolute Gasteiger partial charge is 0.131 e. The molecule has 0 bridgehead atoms. The van der Waals surface area contributed by atoms with Crippen LogP contribution in [0.15, 0.2) is 41.0 Å². The first kappa shape index (κ1) is 11.4. The van der Waals surface area contributed by atoms with E-state index in [0.29, 0.717) is 5.15 Å². The van der Waals surface area contributed by atoms with Gasteiger partial charge in [0.1, 0.15) is 5.15 Å². The number of pyridine rings is 1. The number of halogens is 2. The Labute approximate surface area is 108 Å². The van der Waals surface area contributed by atoms with Crippen LogP contribution in [0.25, 0.3) is 0 Å². The predicted molar refractivity (Wildman–Crippen MR) is 71.4 cm³/mol. The van der Waals surface area contributed by atoms with Gasteiger partial charge in [0.2, 0.25) is 0 Å². The summed E-state index contributed by atoms with van der Waals surface area (Å²) in [7, 11) is 0. The summed E-state index contributed by atoms with van der Waals surface area (Å²) in [6, 6.07) is 9.80. The highest BCUT2D eigenvalue weighted by molar-refractivity contribution is 9.10. The van der Waals surface area contributed by atoms with Crippen molar-refractivity contribution < 1.29 is 0 Å². The van der Waals surface area contributed by atoms with Crippen LogP contribution in [0.3, 0.4) is 0 Å². The summed E-state index contributed by atoms with van der Waals surface area (Å²) in [6.07, 6.45) is 1.67. The standard InChI is InChI=1S/C12H10BrClN2/c1-8-2-3-10(13)11(6-8)16-9-4-5-15-12(14)7-9/h2-7H,1H3,(H,15,16). The molecule has 0 aliphatic heterocycles. The van der Waals surface area contributed by atoms with Crippen molar-refractivity contribution in [1.82, 2.24) is 4.98 Å². The lowest BCUT2D eigenvalue weighted by Crippen LogP contribution is -1.92. The second-order valence-corrected chi connectivity index (χ2v) is 4.72. The number of anilines is 2. The minimum Gasteiger partial charge on any atom is -0.354 e. The SMILES string of the molecule is Cc1ccc(Br)c(Nc2ccnc(Cl)c2)c1. The molecule has 1 heterocycles. The Bertz CT molecular complexity index is 514. The molecule has 0 amide bonds. The zero-order chi connectivity index (χ0) is 11.5. The lowest BCUT2D eigenvalue weighted by Gasteiger charge is -2.09. The fourth-order valence-electron chi connectivity index (χ4n) is 1.37. The summed E-state index contributed by atoms with van der Waals surface area (Å²) in [5.41, 5.74) is 3.14. The quantitative estimate of drug-likeness (QED) is 0.823. The lowest BCUT2D eigenvalue weighted by atomic mass is 10.2. The Hall–Kier alpha value is -1.06. The largest absolute Gasteiger partial charge is 0.354 e. The Balaban J connectivity index is 2.30. The van der Waals surface area contributed by atoms with E-state index in [0.717, 1.165) is 15.8 Å². The summed E-state index contributed by atoms with van der Waals surface area (Å²) >= 11 is 9.31. The van der Waals surface area contributed by atoms with Gasteiger partial charge < -0.3 is 5.32 Å². The fourth-order valence-corrected chi connectivity index (χ4v) is 1.89. The highest BCUT2D eigenvalue weighted by Crippen LogP contribution is 2.27. The fraction of sp³-hybridized carbons (Fsp3) is 0.0833. The molecular weight excluding hydrogens is 288 g/mol. The Morgan fingerprint density at radius 2 is 2.06 bits per heavy atom. The maximum atomic E-state index is 5.82. The minimum absolute atomic E-state index is 0.480. The third kappa shape index (κ3) is 2.74. The van der Waals surface area contributed by atoms with E-state index in [1.54, 1.807) is 12.3 Å². The first-order chi connectivity index (χ1) is 7.65. The van der Waals surface area contributed by atoms with Gasteiger partial charge in [-0.1, -0.05) is 17.7 Å². The molecule has 0 saturated carbocycles. The van der Waals surface area contributed by atoms with Crippen molar-refractivity contribution in [3.05, 3.63) is 51.7 Å². The number of hydrogen-bond acceptors (Lipinski definition) is 2. The van der Waals surface area contributed by atoms with Crippen LogP contribution in [-0.2, 0) is 0 Å². The topological polar surface area (TPSA) is 24.9 Å². The van der Waals surface area contributed by atoms with Crippen molar-refractivity contribution in [3.63, 3.8) is 0 Å². The van der Waals surface area contributed by atoms with E-state index in [-0.39, 0.29) is 0 Å². The summed E-state index contributed by atoms with van der Waals surface area (Å²) in [6.45, 7) is 2.05. The maximum Gasteiger partial charge on any atom is 0.131 e. The second kappa shape index (κ2) is 4.85. The highest BCUT2D eigenvalue weighted by atomic mass is 79.9. The molecule has 1 aromatic heterocycles. The van der Waals surface area contributed by atoms with Gasteiger partial charge in [0.15, 0.2) is 0 Å². The zero-order valence-corrected chi connectivity index (χ0v) is 11.0. The maximum absolute atomic E-state index is 5.82.